The molecule has 0 radical (unpaired) electrons. The monoisotopic (exact) mass is 2020 g/mol. The van der Waals surface area contributed by atoms with Gasteiger partial charge in [-0.3, -0.25) is 103 Å². The van der Waals surface area contributed by atoms with Crippen LogP contribution in [0.1, 0.15) is 0 Å². The van der Waals surface area contributed by atoms with Gasteiger partial charge in [0.25, 0.3) is 0 Å². The zero-order chi connectivity index (χ0) is 89.4. The van der Waals surface area contributed by atoms with Gasteiger partial charge in [0.05, 0.1) is 0 Å². The van der Waals surface area contributed by atoms with E-state index < -0.39 is 229 Å². The normalized spacial score (nSPS) is 5.83. The predicted molar refractivity (Wildman–Crippen MR) is 265 cm³/mol. The third-order valence-electron chi connectivity index (χ3n) is 0. The molecule has 0 heterocycles. The molecular formula is H47Na3O75Si25. The van der Waals surface area contributed by atoms with Crippen LogP contribution in [0.2, 0.25) is 0 Å². The molecule has 0 aromatic heterocycles. The van der Waals surface area contributed by atoms with Gasteiger partial charge in [0.15, 0.2) is 0 Å². The Bertz CT molecular complexity index is 1370. The fraction of sp³-hybridized carbons (Fsp3) is 0. The van der Waals surface area contributed by atoms with Gasteiger partial charge in [-0.15, -0.1) is 0 Å². The third-order valence-corrected chi connectivity index (χ3v) is 0. The topological polar surface area (TPSA) is 1450 Å². The maximum absolute atomic E-state index is 8.74. The summed E-state index contributed by atoms with van der Waals surface area (Å²) >= 11 is 0. The van der Waals surface area contributed by atoms with E-state index in [1.807, 2.05) is 0 Å². The molecule has 0 aromatic rings. The second-order valence-corrected chi connectivity index (χ2v) is 21.0. The first-order valence-corrected chi connectivity index (χ1v) is 48.7. The van der Waals surface area contributed by atoms with Crippen LogP contribution in [-0.4, -0.2) is 455 Å². The molecule has 0 unspecified atom stereocenters. The Kier molecular flexibility index (Phi) is 331. The molecule has 600 valence electrons. The Balaban J connectivity index is -0.0000000219. The maximum Gasteiger partial charge on any atom is 1.00 e. The molecule has 0 aliphatic heterocycles. The fourth-order valence-corrected chi connectivity index (χ4v) is 0. The van der Waals surface area contributed by atoms with Crippen LogP contribution in [0.4, 0.5) is 0 Å². The standard InChI is InChI=1S/3Na.23H2O3Si.HO3Si.O3Si/c;;;25*1-4(2)3/h;;;23*1-2H;1H;/q3*+1;;;;;;;;;;;;;;;;;;;;;;;;-1;-2. The minimum Gasteiger partial charge on any atom is -0.672 e. The SMILES string of the molecule is O=[Si](O)O.O=[Si](O)O.O=[Si](O)O.O=[Si](O)O.O=[Si](O)O.O=[Si](O)O.O=[Si](O)O.O=[Si](O)O.O=[Si](O)O.O=[Si](O)O.O=[Si](O)O.O=[Si](O)O.O=[Si](O)O.O=[Si](O)O.O=[Si](O)O.O=[Si](O)O.O=[Si](O)O.O=[Si](O)O.O=[Si](O)O.O=[Si](O)O.O=[Si](O)O.O=[Si](O)O.O=[Si](O)O.O=[Si]([O-])O.O=[Si]([O-])[O-].[Na+].[Na+].[Na+]. The van der Waals surface area contributed by atoms with Crippen LogP contribution in [0.5, 0.6) is 0 Å². The molecule has 0 amide bonds. The molecule has 0 fully saturated rings. The van der Waals surface area contributed by atoms with Gasteiger partial charge in [0, 0.05) is 9.17 Å². The van der Waals surface area contributed by atoms with E-state index >= 15 is 0 Å². The quantitative estimate of drug-likeness (QED) is 0.100. The minimum absolute atomic E-state index is 0. The van der Waals surface area contributed by atoms with Gasteiger partial charge in [0.2, 0.25) is 0 Å². The Morgan fingerprint density at radius 3 is 0.107 bits per heavy atom. The summed E-state index contributed by atoms with van der Waals surface area (Å²) in [5.41, 5.74) is 0. The minimum atomic E-state index is -3.63. The Hall–Kier alpha value is -6.58. The van der Waals surface area contributed by atoms with Crippen LogP contribution in [-0.2, 0) is 112 Å². The molecule has 0 spiro atoms. The average molecular weight is 2020 g/mol. The molecule has 0 aromatic carbocycles. The average Bonchev–Trinajstić information content (AvgIpc) is 3.15. The van der Waals surface area contributed by atoms with E-state index in [0.29, 0.717) is 0 Å². The van der Waals surface area contributed by atoms with Crippen molar-refractivity contribution in [1.82, 2.24) is 0 Å². The molecule has 0 atom stereocenters. The van der Waals surface area contributed by atoms with Gasteiger partial charge in [-0.25, -0.2) is 0 Å². The zero-order valence-corrected chi connectivity index (χ0v) is 78.9. The first-order chi connectivity index (χ1) is 43.3. The van der Waals surface area contributed by atoms with Crippen LogP contribution in [0.25, 0.3) is 0 Å². The predicted octanol–water partition coefficient (Wildman–Crippen LogP) is -51.2. The molecule has 0 rings (SSSR count). The van der Waals surface area contributed by atoms with Crippen molar-refractivity contribution in [3.63, 3.8) is 0 Å². The van der Waals surface area contributed by atoms with Crippen molar-refractivity contribution >= 4 is 229 Å². The van der Waals surface area contributed by atoms with Crippen molar-refractivity contribution < 1.29 is 440 Å². The van der Waals surface area contributed by atoms with Crippen LogP contribution in [0, 0.1) is 0 Å². The summed E-state index contributed by atoms with van der Waals surface area (Å²) in [6, 6.07) is 0. The maximum atomic E-state index is 8.74. The van der Waals surface area contributed by atoms with Crippen molar-refractivity contribution in [2.24, 2.45) is 0 Å². The number of rotatable bonds is 0. The second kappa shape index (κ2) is 182. The molecule has 0 aliphatic carbocycles. The van der Waals surface area contributed by atoms with Crippen molar-refractivity contribution in [2.45, 2.75) is 0 Å². The van der Waals surface area contributed by atoms with Gasteiger partial charge >= 0.3 is 309 Å². The number of hydrogen-bond acceptors (Lipinski definition) is 28. The zero-order valence-electron chi connectivity index (χ0n) is 47.9. The van der Waals surface area contributed by atoms with Crippen LogP contribution in [0.3, 0.4) is 0 Å². The van der Waals surface area contributed by atoms with E-state index in [4.69, 9.17) is 351 Å². The van der Waals surface area contributed by atoms with Crippen molar-refractivity contribution in [3.8, 4) is 0 Å². The summed E-state index contributed by atoms with van der Waals surface area (Å²) < 4.78 is 218. The first-order valence-electron chi connectivity index (χ1n) is 16.2. The van der Waals surface area contributed by atoms with Crippen molar-refractivity contribution in [2.75, 3.05) is 0 Å². The van der Waals surface area contributed by atoms with E-state index in [1.54, 1.807) is 0 Å². The van der Waals surface area contributed by atoms with Crippen LogP contribution >= 0.6 is 0 Å². The smallest absolute Gasteiger partial charge is 0.672 e. The third kappa shape index (κ3) is 19200. The molecule has 47 N–H and O–H groups in total. The van der Waals surface area contributed by atoms with Crippen molar-refractivity contribution in [3.05, 3.63) is 0 Å². The Labute approximate surface area is 663 Å². The molecular weight excluding hydrogens is 1970 g/mol. The van der Waals surface area contributed by atoms with Crippen LogP contribution in [0.15, 0.2) is 0 Å². The summed E-state index contributed by atoms with van der Waals surface area (Å²) in [6.45, 7) is 0. The molecule has 103 heavy (non-hydrogen) atoms. The summed E-state index contributed by atoms with van der Waals surface area (Å²) in [7, 11) is -79.0. The van der Waals surface area contributed by atoms with Gasteiger partial charge < -0.3 is 249 Å². The van der Waals surface area contributed by atoms with Gasteiger partial charge in [-0.1, -0.05) is 0 Å². The largest absolute Gasteiger partial charge is 1.00 e. The Morgan fingerprint density at radius 2 is 0.107 bits per heavy atom. The Morgan fingerprint density at radius 1 is 0.107 bits per heavy atom. The molecule has 0 aliphatic rings. The van der Waals surface area contributed by atoms with E-state index in [-0.39, 0.29) is 88.7 Å². The molecule has 0 saturated heterocycles. The van der Waals surface area contributed by atoms with E-state index in [9.17, 15) is 0 Å². The second-order valence-electron chi connectivity index (χ2n) is 7.02. The van der Waals surface area contributed by atoms with Gasteiger partial charge in [-0.05, 0) is 0 Å². The first kappa shape index (κ1) is 188. The van der Waals surface area contributed by atoms with Crippen LogP contribution < -0.4 is 103 Å². The van der Waals surface area contributed by atoms with Gasteiger partial charge in [0.1, 0.15) is 0 Å². The summed E-state index contributed by atoms with van der Waals surface area (Å²) in [5, 5.41) is 0. The molecule has 103 heteroatoms. The summed E-state index contributed by atoms with van der Waals surface area (Å²) in [4.78, 5) is 362. The van der Waals surface area contributed by atoms with E-state index in [0.717, 1.165) is 0 Å². The van der Waals surface area contributed by atoms with E-state index in [1.165, 1.54) is 0 Å². The van der Waals surface area contributed by atoms with Crippen molar-refractivity contribution in [1.29, 1.82) is 0 Å². The molecule has 0 bridgehead atoms. The summed E-state index contributed by atoms with van der Waals surface area (Å²) in [5.74, 6) is 0. The molecule has 75 nitrogen and oxygen atoms in total. The van der Waals surface area contributed by atoms with Gasteiger partial charge in [-0.2, -0.15) is 0 Å². The molecule has 0 saturated carbocycles. The summed E-state index contributed by atoms with van der Waals surface area (Å²) in [6.07, 6.45) is 0. The van der Waals surface area contributed by atoms with E-state index in [2.05, 4.69) is 0 Å². The fourth-order valence-electron chi connectivity index (χ4n) is 0. The number of hydrogen-bond donors (Lipinski definition) is 47.